The minimum atomic E-state index is -4.75. The summed E-state index contributed by atoms with van der Waals surface area (Å²) in [7, 11) is 0. The second-order valence-electron chi connectivity index (χ2n) is 5.81. The summed E-state index contributed by atoms with van der Waals surface area (Å²) in [6, 6.07) is 1.39. The number of carbonyl (C=O) groups excluding carboxylic acids is 1. The summed E-state index contributed by atoms with van der Waals surface area (Å²) in [5.41, 5.74) is -1.59. The monoisotopic (exact) mass is 347 g/mol. The van der Waals surface area contributed by atoms with Crippen LogP contribution in [-0.4, -0.2) is 34.5 Å². The molecule has 0 bridgehead atoms. The molecule has 8 heteroatoms. The lowest BCUT2D eigenvalue weighted by molar-refractivity contribution is -0.138. The second kappa shape index (κ2) is 7.19. The molecule has 1 aromatic rings. The smallest absolute Gasteiger partial charge is 0.416 e. The number of likely N-dealkylation sites (tertiary alicyclic amines) is 1. The van der Waals surface area contributed by atoms with E-state index in [9.17, 15) is 27.2 Å². The van der Waals surface area contributed by atoms with E-state index in [-0.39, 0.29) is 24.4 Å². The maximum atomic E-state index is 13.5. The zero-order valence-electron chi connectivity index (χ0n) is 12.8. The van der Waals surface area contributed by atoms with Crippen LogP contribution in [-0.2, 0) is 11.0 Å². The van der Waals surface area contributed by atoms with Gasteiger partial charge in [-0.15, -0.1) is 0 Å². The van der Waals surface area contributed by atoms with Gasteiger partial charge in [0.25, 0.3) is 5.91 Å². The molecule has 1 atom stereocenters. The Bertz CT molecular complexity index is 630. The molecule has 0 aromatic heterocycles. The summed E-state index contributed by atoms with van der Waals surface area (Å²) in [5.74, 6) is -2.83. The van der Waals surface area contributed by atoms with Crippen molar-refractivity contribution in [3.05, 3.63) is 35.1 Å². The van der Waals surface area contributed by atoms with E-state index < -0.39 is 29.4 Å². The molecule has 1 aliphatic rings. The van der Waals surface area contributed by atoms with Gasteiger partial charge < -0.3 is 10.0 Å². The molecule has 1 aliphatic heterocycles. The molecular formula is C16H17F4NO3. The summed E-state index contributed by atoms with van der Waals surface area (Å²) in [5, 5.41) is 8.77. The molecule has 2 rings (SSSR count). The van der Waals surface area contributed by atoms with Crippen LogP contribution in [0.4, 0.5) is 17.6 Å². The van der Waals surface area contributed by atoms with Gasteiger partial charge in [-0.3, -0.25) is 9.59 Å². The summed E-state index contributed by atoms with van der Waals surface area (Å²) >= 11 is 0. The van der Waals surface area contributed by atoms with Crippen molar-refractivity contribution >= 4 is 11.9 Å². The zero-order valence-corrected chi connectivity index (χ0v) is 12.8. The lowest BCUT2D eigenvalue weighted by atomic mass is 9.96. The summed E-state index contributed by atoms with van der Waals surface area (Å²) in [4.78, 5) is 24.6. The molecule has 1 saturated heterocycles. The van der Waals surface area contributed by atoms with Crippen LogP contribution in [0.1, 0.15) is 48.0 Å². The van der Waals surface area contributed by atoms with Crippen LogP contribution < -0.4 is 0 Å². The number of piperidine rings is 1. The molecule has 0 aliphatic carbocycles. The SMILES string of the molecule is O=C(O)CCC1CCCCN1C(=O)c1cc(F)cc(C(F)(F)F)c1. The molecule has 132 valence electrons. The molecule has 1 amide bonds. The topological polar surface area (TPSA) is 57.6 Å². The van der Waals surface area contributed by atoms with Gasteiger partial charge in [-0.1, -0.05) is 0 Å². The number of carboxylic acid groups (broad SMARTS) is 1. The maximum Gasteiger partial charge on any atom is 0.416 e. The molecule has 1 heterocycles. The van der Waals surface area contributed by atoms with Crippen LogP contribution in [0.5, 0.6) is 0 Å². The fourth-order valence-electron chi connectivity index (χ4n) is 2.90. The third kappa shape index (κ3) is 4.46. The normalized spacial score (nSPS) is 18.5. The Morgan fingerprint density at radius 1 is 1.21 bits per heavy atom. The number of amides is 1. The van der Waals surface area contributed by atoms with Crippen molar-refractivity contribution < 1.29 is 32.3 Å². The number of halogens is 4. The van der Waals surface area contributed by atoms with Gasteiger partial charge in [0.05, 0.1) is 5.56 Å². The van der Waals surface area contributed by atoms with E-state index in [4.69, 9.17) is 5.11 Å². The molecule has 24 heavy (non-hydrogen) atoms. The Labute approximate surface area is 136 Å². The highest BCUT2D eigenvalue weighted by atomic mass is 19.4. The van der Waals surface area contributed by atoms with Crippen molar-refractivity contribution in [2.24, 2.45) is 0 Å². The first-order chi connectivity index (χ1) is 11.2. The van der Waals surface area contributed by atoms with Gasteiger partial charge in [-0.25, -0.2) is 4.39 Å². The molecule has 0 radical (unpaired) electrons. The van der Waals surface area contributed by atoms with E-state index in [0.29, 0.717) is 31.5 Å². The summed E-state index contributed by atoms with van der Waals surface area (Å²) in [6.07, 6.45) is -2.59. The number of carboxylic acids is 1. The van der Waals surface area contributed by atoms with E-state index in [2.05, 4.69) is 0 Å². The van der Waals surface area contributed by atoms with E-state index in [1.54, 1.807) is 0 Å². The van der Waals surface area contributed by atoms with Crippen LogP contribution in [0, 0.1) is 5.82 Å². The predicted octanol–water partition coefficient (Wildman–Crippen LogP) is 3.70. The van der Waals surface area contributed by atoms with E-state index in [1.807, 2.05) is 0 Å². The Hall–Kier alpha value is -2.12. The highest BCUT2D eigenvalue weighted by Gasteiger charge is 2.33. The van der Waals surface area contributed by atoms with Gasteiger partial charge >= 0.3 is 12.1 Å². The zero-order chi connectivity index (χ0) is 17.9. The van der Waals surface area contributed by atoms with E-state index >= 15 is 0 Å². The number of rotatable bonds is 4. The average Bonchev–Trinajstić information content (AvgIpc) is 2.51. The lowest BCUT2D eigenvalue weighted by Gasteiger charge is -2.35. The standard InChI is InChI=1S/C16H17F4NO3/c17-12-8-10(7-11(9-12)16(18,19)20)15(24)21-6-2-1-3-13(21)4-5-14(22)23/h7-9,13H,1-6H2,(H,22,23). The first-order valence-electron chi connectivity index (χ1n) is 7.59. The van der Waals surface area contributed by atoms with E-state index in [0.717, 1.165) is 12.5 Å². The van der Waals surface area contributed by atoms with Gasteiger partial charge in [0, 0.05) is 24.6 Å². The van der Waals surface area contributed by atoms with Crippen molar-refractivity contribution in [2.45, 2.75) is 44.3 Å². The van der Waals surface area contributed by atoms with Crippen molar-refractivity contribution in [3.63, 3.8) is 0 Å². The average molecular weight is 347 g/mol. The van der Waals surface area contributed by atoms with Crippen LogP contribution in [0.15, 0.2) is 18.2 Å². The number of aliphatic carboxylic acids is 1. The number of carbonyl (C=O) groups is 2. The maximum absolute atomic E-state index is 13.5. The van der Waals surface area contributed by atoms with Gasteiger partial charge in [-0.05, 0) is 43.9 Å². The van der Waals surface area contributed by atoms with Gasteiger partial charge in [0.15, 0.2) is 0 Å². The highest BCUT2D eigenvalue weighted by Crippen LogP contribution is 2.31. The minimum absolute atomic E-state index is 0.134. The fraction of sp³-hybridized carbons (Fsp3) is 0.500. The lowest BCUT2D eigenvalue weighted by Crippen LogP contribution is -2.44. The molecule has 0 saturated carbocycles. The largest absolute Gasteiger partial charge is 0.481 e. The number of hydrogen-bond donors (Lipinski definition) is 1. The molecular weight excluding hydrogens is 330 g/mol. The fourth-order valence-corrected chi connectivity index (χ4v) is 2.90. The number of benzene rings is 1. The number of hydrogen-bond acceptors (Lipinski definition) is 2. The van der Waals surface area contributed by atoms with Gasteiger partial charge in [0.1, 0.15) is 5.82 Å². The van der Waals surface area contributed by atoms with Crippen LogP contribution in [0.25, 0.3) is 0 Å². The van der Waals surface area contributed by atoms with Crippen molar-refractivity contribution in [1.82, 2.24) is 4.90 Å². The molecule has 1 aromatic carbocycles. The Morgan fingerprint density at radius 2 is 1.92 bits per heavy atom. The van der Waals surface area contributed by atoms with Crippen molar-refractivity contribution in [3.8, 4) is 0 Å². The van der Waals surface area contributed by atoms with Crippen molar-refractivity contribution in [2.75, 3.05) is 6.54 Å². The molecule has 4 nitrogen and oxygen atoms in total. The third-order valence-corrected chi connectivity index (χ3v) is 4.05. The van der Waals surface area contributed by atoms with Crippen LogP contribution >= 0.6 is 0 Å². The third-order valence-electron chi connectivity index (χ3n) is 4.05. The molecule has 1 fully saturated rings. The highest BCUT2D eigenvalue weighted by molar-refractivity contribution is 5.94. The Morgan fingerprint density at radius 3 is 2.54 bits per heavy atom. The van der Waals surface area contributed by atoms with Gasteiger partial charge in [-0.2, -0.15) is 13.2 Å². The molecule has 0 spiro atoms. The first-order valence-corrected chi connectivity index (χ1v) is 7.59. The van der Waals surface area contributed by atoms with Gasteiger partial charge in [0.2, 0.25) is 0 Å². The summed E-state index contributed by atoms with van der Waals surface area (Å²) in [6.45, 7) is 0.320. The minimum Gasteiger partial charge on any atom is -0.481 e. The van der Waals surface area contributed by atoms with Crippen LogP contribution in [0.2, 0.25) is 0 Å². The first kappa shape index (κ1) is 18.2. The second-order valence-corrected chi connectivity index (χ2v) is 5.81. The quantitative estimate of drug-likeness (QED) is 0.845. The van der Waals surface area contributed by atoms with Crippen LogP contribution in [0.3, 0.4) is 0 Å². The number of nitrogens with zero attached hydrogens (tertiary/aromatic N) is 1. The molecule has 1 N–H and O–H groups in total. The molecule has 1 unspecified atom stereocenters. The summed E-state index contributed by atoms with van der Waals surface area (Å²) < 4.78 is 51.8. The predicted molar refractivity (Wildman–Crippen MR) is 76.9 cm³/mol. The van der Waals surface area contributed by atoms with Crippen molar-refractivity contribution in [1.29, 1.82) is 0 Å². The number of alkyl halides is 3. The van der Waals surface area contributed by atoms with E-state index in [1.165, 1.54) is 4.90 Å². The Balaban J connectivity index is 2.25. The Kier molecular flexibility index (Phi) is 5.46.